The van der Waals surface area contributed by atoms with Gasteiger partial charge in [-0.05, 0) is 48.8 Å². The maximum absolute atomic E-state index is 9.19. The molecule has 2 rings (SSSR count). The highest BCUT2D eigenvalue weighted by Crippen LogP contribution is 2.39. The molecule has 1 fully saturated rings. The van der Waals surface area contributed by atoms with Crippen LogP contribution in [0.5, 0.6) is 0 Å². The lowest BCUT2D eigenvalue weighted by Gasteiger charge is -2.23. The molecule has 1 nitrogen and oxygen atoms in total. The van der Waals surface area contributed by atoms with Crippen LogP contribution in [0.1, 0.15) is 43.6 Å². The molecule has 1 aromatic carbocycles. The predicted octanol–water partition coefficient (Wildman–Crippen LogP) is 4.00. The van der Waals surface area contributed by atoms with Crippen LogP contribution in [-0.2, 0) is 0 Å². The van der Waals surface area contributed by atoms with E-state index in [2.05, 4.69) is 12.1 Å². The highest BCUT2D eigenvalue weighted by atomic mass is 35.5. The Bertz CT molecular complexity index is 314. The normalized spacial score (nSPS) is 18.9. The van der Waals surface area contributed by atoms with Gasteiger partial charge in [0, 0.05) is 11.6 Å². The second kappa shape index (κ2) is 5.70. The molecule has 0 bridgehead atoms. The molecular formula is C14H19ClO. The minimum atomic E-state index is 0.282. The zero-order valence-corrected chi connectivity index (χ0v) is 10.3. The number of rotatable bonds is 4. The molecule has 1 aromatic rings. The van der Waals surface area contributed by atoms with Crippen LogP contribution in [0.15, 0.2) is 24.3 Å². The second-order valence-corrected chi connectivity index (χ2v) is 5.15. The standard InChI is InChI=1S/C14H19ClO/c15-13-7-5-12(6-8-13)14(9-10-16)11-3-1-2-4-11/h5-8,11,14,16H,1-4,9-10H2. The topological polar surface area (TPSA) is 20.2 Å². The van der Waals surface area contributed by atoms with Gasteiger partial charge in [-0.3, -0.25) is 0 Å². The van der Waals surface area contributed by atoms with Crippen LogP contribution in [0, 0.1) is 5.92 Å². The van der Waals surface area contributed by atoms with Gasteiger partial charge in [-0.1, -0.05) is 36.6 Å². The van der Waals surface area contributed by atoms with Gasteiger partial charge in [0.1, 0.15) is 0 Å². The quantitative estimate of drug-likeness (QED) is 0.841. The first-order valence-corrected chi connectivity index (χ1v) is 6.55. The molecule has 0 heterocycles. The summed E-state index contributed by atoms with van der Waals surface area (Å²) >= 11 is 5.90. The molecule has 1 saturated carbocycles. The van der Waals surface area contributed by atoms with Crippen molar-refractivity contribution >= 4 is 11.6 Å². The summed E-state index contributed by atoms with van der Waals surface area (Å²) in [5.41, 5.74) is 1.34. The number of aliphatic hydroxyl groups excluding tert-OH is 1. The fourth-order valence-electron chi connectivity index (χ4n) is 2.88. The molecule has 1 atom stereocenters. The Kier molecular flexibility index (Phi) is 4.25. The van der Waals surface area contributed by atoms with Crippen molar-refractivity contribution in [1.29, 1.82) is 0 Å². The molecule has 0 aliphatic heterocycles. The van der Waals surface area contributed by atoms with Crippen molar-refractivity contribution in [2.75, 3.05) is 6.61 Å². The van der Waals surface area contributed by atoms with E-state index in [0.717, 1.165) is 17.4 Å². The van der Waals surface area contributed by atoms with Gasteiger partial charge in [-0.2, -0.15) is 0 Å². The minimum Gasteiger partial charge on any atom is -0.396 e. The molecule has 0 saturated heterocycles. The molecule has 88 valence electrons. The lowest BCUT2D eigenvalue weighted by atomic mass is 9.83. The summed E-state index contributed by atoms with van der Waals surface area (Å²) in [4.78, 5) is 0. The van der Waals surface area contributed by atoms with Crippen LogP contribution in [-0.4, -0.2) is 11.7 Å². The summed E-state index contributed by atoms with van der Waals surface area (Å²) in [5.74, 6) is 1.28. The summed E-state index contributed by atoms with van der Waals surface area (Å²) in [6.45, 7) is 0.282. The molecule has 0 spiro atoms. The number of hydrogen-bond acceptors (Lipinski definition) is 1. The van der Waals surface area contributed by atoms with Gasteiger partial charge in [0.15, 0.2) is 0 Å². The first kappa shape index (κ1) is 11.9. The van der Waals surface area contributed by atoms with Crippen molar-refractivity contribution in [2.45, 2.75) is 38.0 Å². The van der Waals surface area contributed by atoms with Crippen molar-refractivity contribution in [2.24, 2.45) is 5.92 Å². The molecule has 1 aliphatic rings. The summed E-state index contributed by atoms with van der Waals surface area (Å²) in [6, 6.07) is 8.13. The summed E-state index contributed by atoms with van der Waals surface area (Å²) in [7, 11) is 0. The third kappa shape index (κ3) is 2.78. The van der Waals surface area contributed by atoms with E-state index in [1.807, 2.05) is 12.1 Å². The molecule has 0 aromatic heterocycles. The average molecular weight is 239 g/mol. The SMILES string of the molecule is OCCC(c1ccc(Cl)cc1)C1CCCC1. The van der Waals surface area contributed by atoms with Crippen molar-refractivity contribution in [1.82, 2.24) is 0 Å². The number of benzene rings is 1. The Morgan fingerprint density at radius 3 is 2.38 bits per heavy atom. The van der Waals surface area contributed by atoms with E-state index in [1.54, 1.807) is 0 Å². The Morgan fingerprint density at radius 2 is 1.81 bits per heavy atom. The Morgan fingerprint density at radius 1 is 1.19 bits per heavy atom. The lowest BCUT2D eigenvalue weighted by molar-refractivity contribution is 0.254. The second-order valence-electron chi connectivity index (χ2n) is 4.71. The zero-order valence-electron chi connectivity index (χ0n) is 9.53. The van der Waals surface area contributed by atoms with Gasteiger partial charge in [-0.25, -0.2) is 0 Å². The summed E-state index contributed by atoms with van der Waals surface area (Å²) < 4.78 is 0. The third-order valence-corrected chi connectivity index (χ3v) is 3.96. The van der Waals surface area contributed by atoms with E-state index in [4.69, 9.17) is 11.6 Å². The van der Waals surface area contributed by atoms with Crippen LogP contribution < -0.4 is 0 Å². The Hall–Kier alpha value is -0.530. The number of aliphatic hydroxyl groups is 1. The fourth-order valence-corrected chi connectivity index (χ4v) is 3.01. The first-order chi connectivity index (χ1) is 7.81. The lowest BCUT2D eigenvalue weighted by Crippen LogP contribution is -2.11. The molecule has 16 heavy (non-hydrogen) atoms. The molecule has 1 aliphatic carbocycles. The van der Waals surface area contributed by atoms with Crippen LogP contribution in [0.2, 0.25) is 5.02 Å². The van der Waals surface area contributed by atoms with Crippen LogP contribution in [0.3, 0.4) is 0 Å². The maximum atomic E-state index is 9.19. The van der Waals surface area contributed by atoms with Crippen molar-refractivity contribution in [3.63, 3.8) is 0 Å². The van der Waals surface area contributed by atoms with E-state index < -0.39 is 0 Å². The first-order valence-electron chi connectivity index (χ1n) is 6.17. The molecule has 2 heteroatoms. The fraction of sp³-hybridized carbons (Fsp3) is 0.571. The Labute approximate surface area is 102 Å². The van der Waals surface area contributed by atoms with Crippen LogP contribution in [0.25, 0.3) is 0 Å². The maximum Gasteiger partial charge on any atom is 0.0436 e. The van der Waals surface area contributed by atoms with Crippen molar-refractivity contribution < 1.29 is 5.11 Å². The highest BCUT2D eigenvalue weighted by molar-refractivity contribution is 6.30. The predicted molar refractivity (Wildman–Crippen MR) is 67.9 cm³/mol. The smallest absolute Gasteiger partial charge is 0.0436 e. The average Bonchev–Trinajstić information content (AvgIpc) is 2.81. The van der Waals surface area contributed by atoms with E-state index in [1.165, 1.54) is 31.2 Å². The van der Waals surface area contributed by atoms with E-state index in [0.29, 0.717) is 5.92 Å². The largest absolute Gasteiger partial charge is 0.396 e. The summed E-state index contributed by atoms with van der Waals surface area (Å²) in [5, 5.41) is 9.98. The zero-order chi connectivity index (χ0) is 11.4. The van der Waals surface area contributed by atoms with Gasteiger partial charge < -0.3 is 5.11 Å². The van der Waals surface area contributed by atoms with Gasteiger partial charge in [0.2, 0.25) is 0 Å². The van der Waals surface area contributed by atoms with E-state index in [9.17, 15) is 5.11 Å². The monoisotopic (exact) mass is 238 g/mol. The van der Waals surface area contributed by atoms with Gasteiger partial charge >= 0.3 is 0 Å². The van der Waals surface area contributed by atoms with Gasteiger partial charge in [-0.15, -0.1) is 0 Å². The number of hydrogen-bond donors (Lipinski definition) is 1. The third-order valence-electron chi connectivity index (χ3n) is 3.71. The molecular weight excluding hydrogens is 220 g/mol. The van der Waals surface area contributed by atoms with Crippen LogP contribution in [0.4, 0.5) is 0 Å². The van der Waals surface area contributed by atoms with Crippen molar-refractivity contribution in [3.8, 4) is 0 Å². The molecule has 1 unspecified atom stereocenters. The highest BCUT2D eigenvalue weighted by Gasteiger charge is 2.25. The van der Waals surface area contributed by atoms with Gasteiger partial charge in [0.25, 0.3) is 0 Å². The molecule has 1 N–H and O–H groups in total. The Balaban J connectivity index is 2.14. The van der Waals surface area contributed by atoms with Crippen molar-refractivity contribution in [3.05, 3.63) is 34.9 Å². The van der Waals surface area contributed by atoms with Crippen LogP contribution >= 0.6 is 11.6 Å². The van der Waals surface area contributed by atoms with E-state index >= 15 is 0 Å². The van der Waals surface area contributed by atoms with E-state index in [-0.39, 0.29) is 6.61 Å². The molecule has 0 radical (unpaired) electrons. The van der Waals surface area contributed by atoms with Gasteiger partial charge in [0.05, 0.1) is 0 Å². The minimum absolute atomic E-state index is 0.282. The molecule has 0 amide bonds. The number of halogens is 1. The summed E-state index contributed by atoms with van der Waals surface area (Å²) in [6.07, 6.45) is 6.20.